The molecule has 108 valence electrons. The third kappa shape index (κ3) is 2.95. The van der Waals surface area contributed by atoms with E-state index in [2.05, 4.69) is 5.32 Å². The van der Waals surface area contributed by atoms with Crippen molar-refractivity contribution >= 4 is 28.9 Å². The number of aryl methyl sites for hydroxylation is 1. The van der Waals surface area contributed by atoms with Gasteiger partial charge in [0, 0.05) is 16.8 Å². The number of rotatable bonds is 2. The molecule has 21 heavy (non-hydrogen) atoms. The van der Waals surface area contributed by atoms with Crippen LogP contribution in [0.25, 0.3) is 0 Å². The van der Waals surface area contributed by atoms with Gasteiger partial charge in [0.2, 0.25) is 0 Å². The minimum absolute atomic E-state index is 0.167. The SMILES string of the molecule is Nc1ccc(Cl)cc1OC1CCc2ccccc2NC1=O. The minimum Gasteiger partial charge on any atom is -0.478 e. The molecule has 0 saturated carbocycles. The second-order valence-electron chi connectivity index (χ2n) is 4.97. The lowest BCUT2D eigenvalue weighted by Crippen LogP contribution is -2.32. The topological polar surface area (TPSA) is 64.3 Å². The molecular formula is C16H15ClN2O2. The van der Waals surface area contributed by atoms with Gasteiger partial charge in [-0.3, -0.25) is 4.79 Å². The number of halogens is 1. The van der Waals surface area contributed by atoms with Crippen LogP contribution in [-0.2, 0) is 11.2 Å². The molecule has 0 radical (unpaired) electrons. The van der Waals surface area contributed by atoms with Crippen LogP contribution in [-0.4, -0.2) is 12.0 Å². The molecule has 1 heterocycles. The standard InChI is InChI=1S/C16H15ClN2O2/c17-11-6-7-12(18)15(9-11)21-14-8-5-10-3-1-2-4-13(10)19-16(14)20/h1-4,6-7,9,14H,5,8,18H2,(H,19,20). The highest BCUT2D eigenvalue weighted by molar-refractivity contribution is 6.30. The Morgan fingerprint density at radius 3 is 2.90 bits per heavy atom. The molecule has 0 aliphatic carbocycles. The van der Waals surface area contributed by atoms with Crippen molar-refractivity contribution in [3.8, 4) is 5.75 Å². The summed E-state index contributed by atoms with van der Waals surface area (Å²) in [7, 11) is 0. The van der Waals surface area contributed by atoms with E-state index in [1.165, 1.54) is 0 Å². The summed E-state index contributed by atoms with van der Waals surface area (Å²) >= 11 is 5.94. The summed E-state index contributed by atoms with van der Waals surface area (Å²) in [5, 5.41) is 3.41. The molecule has 0 fully saturated rings. The number of hydrogen-bond donors (Lipinski definition) is 2. The largest absolute Gasteiger partial charge is 0.478 e. The summed E-state index contributed by atoms with van der Waals surface area (Å²) in [5.41, 5.74) is 8.27. The van der Waals surface area contributed by atoms with Crippen molar-refractivity contribution in [2.75, 3.05) is 11.1 Å². The maximum Gasteiger partial charge on any atom is 0.265 e. The van der Waals surface area contributed by atoms with Crippen molar-refractivity contribution in [3.63, 3.8) is 0 Å². The minimum atomic E-state index is -0.585. The number of fused-ring (bicyclic) bond motifs is 1. The quantitative estimate of drug-likeness (QED) is 0.837. The molecule has 5 heteroatoms. The molecule has 0 aromatic heterocycles. The zero-order chi connectivity index (χ0) is 14.8. The number of para-hydroxylation sites is 1. The predicted molar refractivity (Wildman–Crippen MR) is 83.7 cm³/mol. The van der Waals surface area contributed by atoms with Crippen LogP contribution in [0.15, 0.2) is 42.5 Å². The number of amides is 1. The average Bonchev–Trinajstić information content (AvgIpc) is 2.62. The van der Waals surface area contributed by atoms with Crippen LogP contribution in [0.5, 0.6) is 5.75 Å². The molecule has 0 saturated heterocycles. The van der Waals surface area contributed by atoms with Crippen LogP contribution in [0.1, 0.15) is 12.0 Å². The number of nitrogens with two attached hydrogens (primary N) is 1. The number of ether oxygens (including phenoxy) is 1. The first kappa shape index (κ1) is 13.8. The lowest BCUT2D eigenvalue weighted by atomic mass is 10.1. The second-order valence-corrected chi connectivity index (χ2v) is 5.41. The maximum atomic E-state index is 12.3. The summed E-state index contributed by atoms with van der Waals surface area (Å²) in [4.78, 5) is 12.3. The van der Waals surface area contributed by atoms with Crippen LogP contribution in [0.3, 0.4) is 0 Å². The van der Waals surface area contributed by atoms with Gasteiger partial charge in [-0.1, -0.05) is 29.8 Å². The summed E-state index contributed by atoms with van der Waals surface area (Å²) < 4.78 is 5.77. The zero-order valence-electron chi connectivity index (χ0n) is 11.3. The first-order valence-corrected chi connectivity index (χ1v) is 7.12. The second kappa shape index (κ2) is 5.66. The van der Waals surface area contributed by atoms with Gasteiger partial charge in [-0.25, -0.2) is 0 Å². The number of anilines is 2. The van der Waals surface area contributed by atoms with Crippen LogP contribution >= 0.6 is 11.6 Å². The maximum absolute atomic E-state index is 12.3. The highest BCUT2D eigenvalue weighted by Gasteiger charge is 2.25. The van der Waals surface area contributed by atoms with Crippen LogP contribution < -0.4 is 15.8 Å². The number of carbonyl (C=O) groups excluding carboxylic acids is 1. The Labute approximate surface area is 127 Å². The normalized spacial score (nSPS) is 17.6. The zero-order valence-corrected chi connectivity index (χ0v) is 12.1. The van der Waals surface area contributed by atoms with Gasteiger partial charge in [-0.05, 0) is 36.6 Å². The molecule has 1 amide bonds. The Hall–Kier alpha value is -2.20. The van der Waals surface area contributed by atoms with Crippen LogP contribution in [0.2, 0.25) is 5.02 Å². The molecule has 4 nitrogen and oxygen atoms in total. The van der Waals surface area contributed by atoms with Crippen LogP contribution in [0.4, 0.5) is 11.4 Å². The Bertz CT molecular complexity index is 688. The molecule has 1 aliphatic rings. The lowest BCUT2D eigenvalue weighted by molar-refractivity contribution is -0.122. The number of carbonyl (C=O) groups is 1. The van der Waals surface area contributed by atoms with Gasteiger partial charge in [-0.15, -0.1) is 0 Å². The Balaban J connectivity index is 1.81. The average molecular weight is 303 g/mol. The van der Waals surface area contributed by atoms with Crippen molar-refractivity contribution in [2.24, 2.45) is 0 Å². The molecule has 0 spiro atoms. The van der Waals surface area contributed by atoms with Crippen molar-refractivity contribution in [3.05, 3.63) is 53.1 Å². The number of nitrogen functional groups attached to an aromatic ring is 1. The van der Waals surface area contributed by atoms with Gasteiger partial charge >= 0.3 is 0 Å². The fourth-order valence-electron chi connectivity index (χ4n) is 2.37. The van der Waals surface area contributed by atoms with E-state index in [0.29, 0.717) is 22.9 Å². The van der Waals surface area contributed by atoms with Crippen molar-refractivity contribution < 1.29 is 9.53 Å². The van der Waals surface area contributed by atoms with Gasteiger partial charge in [0.1, 0.15) is 5.75 Å². The highest BCUT2D eigenvalue weighted by Crippen LogP contribution is 2.29. The lowest BCUT2D eigenvalue weighted by Gasteiger charge is -2.17. The summed E-state index contributed by atoms with van der Waals surface area (Å²) in [6, 6.07) is 12.7. The van der Waals surface area contributed by atoms with E-state index >= 15 is 0 Å². The smallest absolute Gasteiger partial charge is 0.265 e. The van der Waals surface area contributed by atoms with E-state index in [9.17, 15) is 4.79 Å². The van der Waals surface area contributed by atoms with Crippen molar-refractivity contribution in [1.29, 1.82) is 0 Å². The fourth-order valence-corrected chi connectivity index (χ4v) is 2.53. The molecule has 1 aliphatic heterocycles. The number of benzene rings is 2. The van der Waals surface area contributed by atoms with E-state index in [4.69, 9.17) is 22.1 Å². The van der Waals surface area contributed by atoms with E-state index in [0.717, 1.165) is 17.7 Å². The molecule has 2 aromatic carbocycles. The molecule has 1 atom stereocenters. The Kier molecular flexibility index (Phi) is 3.71. The van der Waals surface area contributed by atoms with Crippen LogP contribution in [0, 0.1) is 0 Å². The molecule has 2 aromatic rings. The van der Waals surface area contributed by atoms with Gasteiger partial charge in [0.25, 0.3) is 5.91 Å². The summed E-state index contributed by atoms with van der Waals surface area (Å²) in [5.74, 6) is 0.271. The first-order valence-electron chi connectivity index (χ1n) is 6.74. The van der Waals surface area contributed by atoms with Gasteiger partial charge in [0.05, 0.1) is 5.69 Å². The monoisotopic (exact) mass is 302 g/mol. The Morgan fingerprint density at radius 1 is 1.24 bits per heavy atom. The van der Waals surface area contributed by atoms with Crippen molar-refractivity contribution in [2.45, 2.75) is 18.9 Å². The Morgan fingerprint density at radius 2 is 2.05 bits per heavy atom. The summed E-state index contributed by atoms with van der Waals surface area (Å²) in [6.07, 6.45) is 0.771. The molecule has 3 rings (SSSR count). The molecule has 0 bridgehead atoms. The molecule has 3 N–H and O–H groups in total. The highest BCUT2D eigenvalue weighted by atomic mass is 35.5. The third-order valence-corrected chi connectivity index (χ3v) is 3.72. The number of nitrogens with one attached hydrogen (secondary N) is 1. The molecule has 1 unspecified atom stereocenters. The van der Waals surface area contributed by atoms with E-state index in [-0.39, 0.29) is 5.91 Å². The van der Waals surface area contributed by atoms with Gasteiger partial charge in [0.15, 0.2) is 6.10 Å². The van der Waals surface area contributed by atoms with E-state index in [1.54, 1.807) is 18.2 Å². The van der Waals surface area contributed by atoms with E-state index < -0.39 is 6.10 Å². The van der Waals surface area contributed by atoms with Crippen molar-refractivity contribution in [1.82, 2.24) is 0 Å². The predicted octanol–water partition coefficient (Wildman–Crippen LogP) is 3.25. The van der Waals surface area contributed by atoms with E-state index in [1.807, 2.05) is 24.3 Å². The van der Waals surface area contributed by atoms with Gasteiger partial charge < -0.3 is 15.8 Å². The third-order valence-electron chi connectivity index (χ3n) is 3.49. The molecular weight excluding hydrogens is 288 g/mol. The van der Waals surface area contributed by atoms with Gasteiger partial charge in [-0.2, -0.15) is 0 Å². The fraction of sp³-hybridized carbons (Fsp3) is 0.188. The summed E-state index contributed by atoms with van der Waals surface area (Å²) in [6.45, 7) is 0. The first-order chi connectivity index (χ1) is 10.1. The number of hydrogen-bond acceptors (Lipinski definition) is 3.